The Morgan fingerprint density at radius 2 is 1.88 bits per heavy atom. The minimum absolute atomic E-state index is 0.433. The van der Waals surface area contributed by atoms with Crippen molar-refractivity contribution in [3.8, 4) is 0 Å². The summed E-state index contributed by atoms with van der Waals surface area (Å²) in [7, 11) is 0. The van der Waals surface area contributed by atoms with Gasteiger partial charge in [0.05, 0.1) is 15.7 Å². The Morgan fingerprint density at radius 3 is 2.29 bits per heavy atom. The molecule has 0 aliphatic rings. The van der Waals surface area contributed by atoms with Crippen LogP contribution in [0, 0.1) is 0 Å². The lowest BCUT2D eigenvalue weighted by molar-refractivity contribution is 0.237. The van der Waals surface area contributed by atoms with Crippen LogP contribution < -0.4 is 5.73 Å². The van der Waals surface area contributed by atoms with Crippen LogP contribution in [0.2, 0.25) is 10.0 Å². The molecule has 94 valence electrons. The van der Waals surface area contributed by atoms with Crippen molar-refractivity contribution in [3.05, 3.63) is 40.4 Å². The van der Waals surface area contributed by atoms with Crippen molar-refractivity contribution in [2.24, 2.45) is 0 Å². The van der Waals surface area contributed by atoms with E-state index in [0.29, 0.717) is 21.8 Å². The summed E-state index contributed by atoms with van der Waals surface area (Å²) in [6, 6.07) is 4.16. The summed E-state index contributed by atoms with van der Waals surface area (Å²) in [5.74, 6) is 0. The van der Waals surface area contributed by atoms with E-state index in [2.05, 4.69) is 25.3 Å². The largest absolute Gasteiger partial charge is 0.396 e. The zero-order valence-corrected chi connectivity index (χ0v) is 11.7. The molecule has 0 aliphatic heterocycles. The highest BCUT2D eigenvalue weighted by atomic mass is 35.5. The van der Waals surface area contributed by atoms with Gasteiger partial charge < -0.3 is 5.73 Å². The molecule has 2 N–H and O–H groups in total. The normalized spacial score (nSPS) is 11.2. The maximum atomic E-state index is 6.01. The number of nitrogen functional groups attached to an aromatic ring is 1. The van der Waals surface area contributed by atoms with Gasteiger partial charge in [-0.1, -0.05) is 29.3 Å². The molecule has 0 amide bonds. The Balaban J connectivity index is 2.90. The Hall–Kier alpha value is -0.700. The fourth-order valence-electron chi connectivity index (χ4n) is 1.59. The Labute approximate surface area is 113 Å². The molecule has 0 unspecified atom stereocenters. The van der Waals surface area contributed by atoms with Crippen LogP contribution in [0.15, 0.2) is 24.8 Å². The highest BCUT2D eigenvalue weighted by Gasteiger charge is 2.11. The first-order valence-electron chi connectivity index (χ1n) is 5.54. The van der Waals surface area contributed by atoms with Crippen LogP contribution in [0.4, 0.5) is 5.69 Å². The monoisotopic (exact) mass is 272 g/mol. The van der Waals surface area contributed by atoms with Crippen LogP contribution >= 0.6 is 23.2 Å². The number of nitrogens with two attached hydrogens (primary N) is 1. The molecule has 4 heteroatoms. The van der Waals surface area contributed by atoms with Crippen molar-refractivity contribution in [1.29, 1.82) is 0 Å². The van der Waals surface area contributed by atoms with Crippen LogP contribution in [0.3, 0.4) is 0 Å². The summed E-state index contributed by atoms with van der Waals surface area (Å²) in [4.78, 5) is 2.27. The molecule has 0 saturated heterocycles. The average Bonchev–Trinajstić information content (AvgIpc) is 2.25. The molecular weight excluding hydrogens is 255 g/mol. The van der Waals surface area contributed by atoms with Crippen LogP contribution in [-0.2, 0) is 6.54 Å². The third-order valence-electron chi connectivity index (χ3n) is 2.62. The Bertz CT molecular complexity index is 379. The first-order valence-corrected chi connectivity index (χ1v) is 6.29. The van der Waals surface area contributed by atoms with Gasteiger partial charge in [0.25, 0.3) is 0 Å². The summed E-state index contributed by atoms with van der Waals surface area (Å²) in [5.41, 5.74) is 7.21. The maximum absolute atomic E-state index is 6.01. The van der Waals surface area contributed by atoms with Gasteiger partial charge >= 0.3 is 0 Å². The highest BCUT2D eigenvalue weighted by molar-refractivity contribution is 6.38. The number of rotatable bonds is 5. The van der Waals surface area contributed by atoms with Gasteiger partial charge in [0.1, 0.15) is 0 Å². The molecule has 1 aromatic carbocycles. The van der Waals surface area contributed by atoms with E-state index >= 15 is 0 Å². The van der Waals surface area contributed by atoms with Crippen molar-refractivity contribution in [1.82, 2.24) is 4.90 Å². The van der Waals surface area contributed by atoms with E-state index in [-0.39, 0.29) is 0 Å². The highest BCUT2D eigenvalue weighted by Crippen LogP contribution is 2.29. The van der Waals surface area contributed by atoms with Gasteiger partial charge in [0.15, 0.2) is 0 Å². The number of hydrogen-bond acceptors (Lipinski definition) is 2. The second-order valence-electron chi connectivity index (χ2n) is 4.29. The first kappa shape index (κ1) is 14.4. The standard InChI is InChI=1S/C13H18Cl2N2/c1-4-5-17(9(2)3)8-10-6-11(14)13(16)12(15)7-10/h4,6-7,9H,1,5,8,16H2,2-3H3. The molecule has 0 saturated carbocycles. The van der Waals surface area contributed by atoms with E-state index in [4.69, 9.17) is 28.9 Å². The topological polar surface area (TPSA) is 29.3 Å². The molecule has 0 aliphatic carbocycles. The molecular formula is C13H18Cl2N2. The van der Waals surface area contributed by atoms with Gasteiger partial charge in [0.2, 0.25) is 0 Å². The maximum Gasteiger partial charge on any atom is 0.0693 e. The lowest BCUT2D eigenvalue weighted by Crippen LogP contribution is -2.30. The van der Waals surface area contributed by atoms with Crippen molar-refractivity contribution in [2.45, 2.75) is 26.4 Å². The predicted molar refractivity (Wildman–Crippen MR) is 76.6 cm³/mol. The smallest absolute Gasteiger partial charge is 0.0693 e. The molecule has 0 heterocycles. The minimum atomic E-state index is 0.433. The van der Waals surface area contributed by atoms with Gasteiger partial charge in [-0.3, -0.25) is 4.90 Å². The molecule has 0 spiro atoms. The molecule has 17 heavy (non-hydrogen) atoms. The number of nitrogens with zero attached hydrogens (tertiary/aromatic N) is 1. The Morgan fingerprint density at radius 1 is 1.35 bits per heavy atom. The molecule has 0 radical (unpaired) electrons. The number of benzene rings is 1. The Kier molecular flexibility index (Phi) is 5.31. The summed E-state index contributed by atoms with van der Waals surface area (Å²) in [6.45, 7) is 9.66. The number of hydrogen-bond donors (Lipinski definition) is 1. The first-order chi connectivity index (χ1) is 7.95. The fraction of sp³-hybridized carbons (Fsp3) is 0.385. The van der Waals surface area contributed by atoms with E-state index in [0.717, 1.165) is 18.7 Å². The van der Waals surface area contributed by atoms with E-state index in [1.807, 2.05) is 18.2 Å². The number of halogens is 2. The van der Waals surface area contributed by atoms with Crippen molar-refractivity contribution >= 4 is 28.9 Å². The zero-order valence-electron chi connectivity index (χ0n) is 10.2. The molecule has 0 atom stereocenters. The van der Waals surface area contributed by atoms with Gasteiger partial charge in [-0.15, -0.1) is 6.58 Å². The molecule has 0 fully saturated rings. The average molecular weight is 273 g/mol. The van der Waals surface area contributed by atoms with Crippen molar-refractivity contribution in [2.75, 3.05) is 12.3 Å². The zero-order chi connectivity index (χ0) is 13.0. The van der Waals surface area contributed by atoms with Crippen LogP contribution in [0.25, 0.3) is 0 Å². The van der Waals surface area contributed by atoms with Crippen LogP contribution in [0.1, 0.15) is 19.4 Å². The van der Waals surface area contributed by atoms with Gasteiger partial charge in [-0.2, -0.15) is 0 Å². The van der Waals surface area contributed by atoms with Crippen LogP contribution in [0.5, 0.6) is 0 Å². The number of anilines is 1. The van der Waals surface area contributed by atoms with Gasteiger partial charge in [0, 0.05) is 19.1 Å². The molecule has 0 aromatic heterocycles. The molecule has 1 rings (SSSR count). The van der Waals surface area contributed by atoms with Crippen molar-refractivity contribution < 1.29 is 0 Å². The van der Waals surface area contributed by atoms with Gasteiger partial charge in [-0.05, 0) is 31.5 Å². The lowest BCUT2D eigenvalue weighted by atomic mass is 10.1. The van der Waals surface area contributed by atoms with Crippen LogP contribution in [-0.4, -0.2) is 17.5 Å². The third-order valence-corrected chi connectivity index (χ3v) is 3.24. The fourth-order valence-corrected chi connectivity index (χ4v) is 2.12. The van der Waals surface area contributed by atoms with Crippen molar-refractivity contribution in [3.63, 3.8) is 0 Å². The van der Waals surface area contributed by atoms with E-state index in [1.165, 1.54) is 0 Å². The third kappa shape index (κ3) is 3.91. The second kappa shape index (κ2) is 6.29. The SMILES string of the molecule is C=CCN(Cc1cc(Cl)c(N)c(Cl)c1)C(C)C. The summed E-state index contributed by atoms with van der Waals surface area (Å²) >= 11 is 12.0. The minimum Gasteiger partial charge on any atom is -0.396 e. The lowest BCUT2D eigenvalue weighted by Gasteiger charge is -2.25. The predicted octanol–water partition coefficient (Wildman–Crippen LogP) is 3.97. The van der Waals surface area contributed by atoms with Gasteiger partial charge in [-0.25, -0.2) is 0 Å². The summed E-state index contributed by atoms with van der Waals surface area (Å²) in [5, 5.41) is 1.02. The second-order valence-corrected chi connectivity index (χ2v) is 5.10. The molecule has 1 aromatic rings. The van der Waals surface area contributed by atoms with E-state index < -0.39 is 0 Å². The van der Waals surface area contributed by atoms with E-state index in [9.17, 15) is 0 Å². The quantitative estimate of drug-likeness (QED) is 0.649. The molecule has 0 bridgehead atoms. The summed E-state index contributed by atoms with van der Waals surface area (Å²) in [6.07, 6.45) is 1.89. The van der Waals surface area contributed by atoms with E-state index in [1.54, 1.807) is 0 Å². The summed E-state index contributed by atoms with van der Waals surface area (Å²) < 4.78 is 0. The molecule has 2 nitrogen and oxygen atoms in total.